The van der Waals surface area contributed by atoms with Gasteiger partial charge in [0.15, 0.2) is 0 Å². The molecule has 2 aliphatic rings. The van der Waals surface area contributed by atoms with E-state index in [-0.39, 0.29) is 11.4 Å². The van der Waals surface area contributed by atoms with Crippen LogP contribution in [0.2, 0.25) is 0 Å². The third kappa shape index (κ3) is 3.87. The molecule has 0 spiro atoms. The Morgan fingerprint density at radius 2 is 2.16 bits per heavy atom. The molecule has 0 aromatic rings. The predicted molar refractivity (Wildman–Crippen MR) is 79.0 cm³/mol. The average molecular weight is 306 g/mol. The van der Waals surface area contributed by atoms with Crippen LogP contribution in [0, 0.1) is 0 Å². The number of nitrogens with two attached hydrogens (primary N) is 1. The fourth-order valence-corrected chi connectivity index (χ4v) is 4.32. The Kier molecular flexibility index (Phi) is 4.81. The first kappa shape index (κ1) is 15.2. The summed E-state index contributed by atoms with van der Waals surface area (Å²) >= 11 is 4.98. The standard InChI is InChI=1S/C12H22N2O3S2/c1-19(15,16)10-4-2-3-9(7-10)14-5-6-17-11(8-14)12(13)18/h9-11H,2-8H2,1H3,(H2,13,18). The minimum absolute atomic E-state index is 0.192. The maximum Gasteiger partial charge on any atom is 0.150 e. The molecule has 2 fully saturated rings. The summed E-state index contributed by atoms with van der Waals surface area (Å²) < 4.78 is 28.9. The van der Waals surface area contributed by atoms with Gasteiger partial charge in [0.2, 0.25) is 0 Å². The third-order valence-corrected chi connectivity index (χ3v) is 6.04. The first-order valence-corrected chi connectivity index (χ1v) is 9.08. The highest BCUT2D eigenvalue weighted by Gasteiger charge is 2.34. The predicted octanol–water partition coefficient (Wildman–Crippen LogP) is 0.329. The highest BCUT2D eigenvalue weighted by molar-refractivity contribution is 7.91. The molecule has 1 saturated carbocycles. The van der Waals surface area contributed by atoms with Crippen LogP contribution >= 0.6 is 12.2 Å². The summed E-state index contributed by atoms with van der Waals surface area (Å²) in [4.78, 5) is 2.69. The molecule has 0 aromatic carbocycles. The lowest BCUT2D eigenvalue weighted by atomic mass is 9.93. The molecule has 1 aliphatic carbocycles. The Balaban J connectivity index is 1.99. The van der Waals surface area contributed by atoms with Gasteiger partial charge in [0, 0.05) is 25.4 Å². The van der Waals surface area contributed by atoms with E-state index >= 15 is 0 Å². The highest BCUT2D eigenvalue weighted by atomic mass is 32.2. The molecule has 19 heavy (non-hydrogen) atoms. The topological polar surface area (TPSA) is 72.6 Å². The Morgan fingerprint density at radius 3 is 2.79 bits per heavy atom. The number of ether oxygens (including phenoxy) is 1. The zero-order valence-corrected chi connectivity index (χ0v) is 12.9. The van der Waals surface area contributed by atoms with E-state index in [0.29, 0.717) is 24.2 Å². The van der Waals surface area contributed by atoms with Crippen molar-refractivity contribution in [3.05, 3.63) is 0 Å². The van der Waals surface area contributed by atoms with Crippen molar-refractivity contribution in [2.75, 3.05) is 26.0 Å². The van der Waals surface area contributed by atoms with Crippen LogP contribution in [0.3, 0.4) is 0 Å². The molecule has 7 heteroatoms. The van der Waals surface area contributed by atoms with Crippen LogP contribution in [0.15, 0.2) is 0 Å². The van der Waals surface area contributed by atoms with Gasteiger partial charge in [0.1, 0.15) is 20.9 Å². The fraction of sp³-hybridized carbons (Fsp3) is 0.917. The average Bonchev–Trinajstić information content (AvgIpc) is 2.38. The van der Waals surface area contributed by atoms with Crippen LogP contribution < -0.4 is 5.73 Å². The van der Waals surface area contributed by atoms with Gasteiger partial charge in [-0.1, -0.05) is 18.6 Å². The normalized spacial score (nSPS) is 34.1. The molecule has 1 saturated heterocycles. The van der Waals surface area contributed by atoms with Crippen molar-refractivity contribution in [3.63, 3.8) is 0 Å². The van der Waals surface area contributed by atoms with E-state index in [9.17, 15) is 8.42 Å². The Hall–Kier alpha value is -0.240. The van der Waals surface area contributed by atoms with Gasteiger partial charge in [0.05, 0.1) is 11.9 Å². The number of nitrogens with zero attached hydrogens (tertiary/aromatic N) is 1. The van der Waals surface area contributed by atoms with E-state index < -0.39 is 9.84 Å². The molecular weight excluding hydrogens is 284 g/mol. The van der Waals surface area contributed by atoms with Crippen LogP contribution in [0.1, 0.15) is 25.7 Å². The third-order valence-electron chi connectivity index (χ3n) is 4.14. The second kappa shape index (κ2) is 6.03. The monoisotopic (exact) mass is 306 g/mol. The summed E-state index contributed by atoms with van der Waals surface area (Å²) in [6, 6.07) is 0.314. The second-order valence-electron chi connectivity index (χ2n) is 5.53. The lowest BCUT2D eigenvalue weighted by molar-refractivity contribution is -0.0170. The van der Waals surface area contributed by atoms with Crippen molar-refractivity contribution in [1.29, 1.82) is 0 Å². The molecule has 0 bridgehead atoms. The molecule has 1 aliphatic heterocycles. The molecule has 3 atom stereocenters. The van der Waals surface area contributed by atoms with Gasteiger partial charge in [-0.15, -0.1) is 0 Å². The van der Waals surface area contributed by atoms with Crippen molar-refractivity contribution in [2.45, 2.75) is 43.1 Å². The van der Waals surface area contributed by atoms with Crippen LogP contribution in [0.25, 0.3) is 0 Å². The molecule has 2 N–H and O–H groups in total. The molecule has 1 heterocycles. The quantitative estimate of drug-likeness (QED) is 0.758. The summed E-state index contributed by atoms with van der Waals surface area (Å²) in [6.45, 7) is 2.14. The molecule has 0 radical (unpaired) electrons. The zero-order chi connectivity index (χ0) is 14.0. The van der Waals surface area contributed by atoms with Crippen molar-refractivity contribution >= 4 is 27.0 Å². The fourth-order valence-electron chi connectivity index (χ4n) is 3.01. The first-order valence-electron chi connectivity index (χ1n) is 6.72. The lowest BCUT2D eigenvalue weighted by Crippen LogP contribution is -2.53. The van der Waals surface area contributed by atoms with Crippen molar-refractivity contribution < 1.29 is 13.2 Å². The molecule has 0 amide bonds. The largest absolute Gasteiger partial charge is 0.391 e. The number of hydrogen-bond donors (Lipinski definition) is 1. The van der Waals surface area contributed by atoms with E-state index in [1.165, 1.54) is 6.26 Å². The van der Waals surface area contributed by atoms with Gasteiger partial charge >= 0.3 is 0 Å². The maximum atomic E-state index is 11.7. The van der Waals surface area contributed by atoms with Crippen LogP contribution in [-0.2, 0) is 14.6 Å². The number of rotatable bonds is 3. The van der Waals surface area contributed by atoms with Gasteiger partial charge in [-0.25, -0.2) is 8.42 Å². The maximum absolute atomic E-state index is 11.7. The Labute approximate surface area is 120 Å². The number of morpholine rings is 1. The number of hydrogen-bond acceptors (Lipinski definition) is 5. The zero-order valence-electron chi connectivity index (χ0n) is 11.2. The van der Waals surface area contributed by atoms with Gasteiger partial charge in [-0.3, -0.25) is 4.90 Å². The van der Waals surface area contributed by atoms with E-state index in [1.54, 1.807) is 0 Å². The van der Waals surface area contributed by atoms with Gasteiger partial charge in [-0.2, -0.15) is 0 Å². The second-order valence-corrected chi connectivity index (χ2v) is 8.33. The Morgan fingerprint density at radius 1 is 1.42 bits per heavy atom. The van der Waals surface area contributed by atoms with Crippen LogP contribution in [0.4, 0.5) is 0 Å². The van der Waals surface area contributed by atoms with Crippen molar-refractivity contribution in [3.8, 4) is 0 Å². The highest BCUT2D eigenvalue weighted by Crippen LogP contribution is 2.28. The minimum atomic E-state index is -2.94. The van der Waals surface area contributed by atoms with Crippen LogP contribution in [0.5, 0.6) is 0 Å². The SMILES string of the molecule is CS(=O)(=O)C1CCCC(N2CCOC(C(N)=S)C2)C1. The Bertz CT molecular complexity index is 438. The number of sulfone groups is 1. The van der Waals surface area contributed by atoms with Crippen molar-refractivity contribution in [2.24, 2.45) is 5.73 Å². The van der Waals surface area contributed by atoms with Crippen molar-refractivity contribution in [1.82, 2.24) is 4.90 Å². The molecule has 0 aromatic heterocycles. The minimum Gasteiger partial charge on any atom is -0.391 e. The van der Waals surface area contributed by atoms with Gasteiger partial charge in [0.25, 0.3) is 0 Å². The van der Waals surface area contributed by atoms with Gasteiger partial charge in [-0.05, 0) is 19.3 Å². The lowest BCUT2D eigenvalue weighted by Gasteiger charge is -2.41. The van der Waals surface area contributed by atoms with E-state index in [0.717, 1.165) is 32.2 Å². The smallest absolute Gasteiger partial charge is 0.150 e. The molecule has 5 nitrogen and oxygen atoms in total. The molecular formula is C12H22N2O3S2. The summed E-state index contributed by atoms with van der Waals surface area (Å²) in [6.07, 6.45) is 4.69. The molecule has 2 rings (SSSR count). The van der Waals surface area contributed by atoms with Crippen LogP contribution in [-0.4, -0.2) is 61.7 Å². The first-order chi connectivity index (χ1) is 8.88. The summed E-state index contributed by atoms with van der Waals surface area (Å²) in [5.41, 5.74) is 5.64. The summed E-state index contributed by atoms with van der Waals surface area (Å²) in [5, 5.41) is -0.197. The van der Waals surface area contributed by atoms with E-state index in [2.05, 4.69) is 4.90 Å². The van der Waals surface area contributed by atoms with E-state index in [4.69, 9.17) is 22.7 Å². The summed E-state index contributed by atoms with van der Waals surface area (Å²) in [7, 11) is -2.94. The molecule has 3 unspecified atom stereocenters. The molecule has 110 valence electrons. The van der Waals surface area contributed by atoms with E-state index in [1.807, 2.05) is 0 Å². The number of thiocarbonyl (C=S) groups is 1. The summed E-state index contributed by atoms with van der Waals surface area (Å²) in [5.74, 6) is 0. The van der Waals surface area contributed by atoms with Gasteiger partial charge < -0.3 is 10.5 Å².